The molecular weight excluding hydrogens is 273 g/mol. The summed E-state index contributed by atoms with van der Waals surface area (Å²) in [5, 5.41) is 3.45. The van der Waals surface area contributed by atoms with E-state index in [1.54, 1.807) is 0 Å². The van der Waals surface area contributed by atoms with Crippen LogP contribution < -0.4 is 10.8 Å². The zero-order valence-corrected chi connectivity index (χ0v) is 15.3. The monoisotopic (exact) mass is 303 g/mol. The molecule has 1 aliphatic rings. The molecule has 0 atom stereocenters. The fourth-order valence-corrected chi connectivity index (χ4v) is 2.65. The van der Waals surface area contributed by atoms with E-state index in [2.05, 4.69) is 78.9 Å². The average molecular weight is 303 g/mol. The minimum Gasteiger partial charge on any atom is -0.399 e. The Labute approximate surface area is 135 Å². The molecule has 0 radical (unpaired) electrons. The summed E-state index contributed by atoms with van der Waals surface area (Å²) in [5.41, 5.74) is 3.03. The molecule has 1 saturated heterocycles. The van der Waals surface area contributed by atoms with Crippen LogP contribution in [0.25, 0.3) is 0 Å². The maximum absolute atomic E-state index is 6.17. The highest BCUT2D eigenvalue weighted by atomic mass is 16.7. The normalized spacial score (nSPS) is 20.3. The molecule has 122 valence electrons. The molecule has 22 heavy (non-hydrogen) atoms. The summed E-state index contributed by atoms with van der Waals surface area (Å²) in [6, 6.07) is 6.47. The number of anilines is 1. The first kappa shape index (κ1) is 17.4. The van der Waals surface area contributed by atoms with Crippen molar-refractivity contribution in [2.75, 3.05) is 11.9 Å². The predicted molar refractivity (Wildman–Crippen MR) is 95.0 cm³/mol. The number of hydrogen-bond acceptors (Lipinski definition) is 3. The van der Waals surface area contributed by atoms with Gasteiger partial charge in [0, 0.05) is 12.2 Å². The van der Waals surface area contributed by atoms with Crippen LogP contribution in [-0.4, -0.2) is 24.9 Å². The van der Waals surface area contributed by atoms with Gasteiger partial charge in [-0.05, 0) is 57.1 Å². The van der Waals surface area contributed by atoms with Crippen LogP contribution >= 0.6 is 0 Å². The van der Waals surface area contributed by atoms with Crippen LogP contribution in [0.5, 0.6) is 0 Å². The van der Waals surface area contributed by atoms with Crippen LogP contribution in [0.3, 0.4) is 0 Å². The summed E-state index contributed by atoms with van der Waals surface area (Å²) < 4.78 is 12.3. The Bertz CT molecular complexity index is 531. The average Bonchev–Trinajstić information content (AvgIpc) is 2.58. The molecule has 0 spiro atoms. The third kappa shape index (κ3) is 3.18. The van der Waals surface area contributed by atoms with Crippen molar-refractivity contribution in [3.05, 3.63) is 23.8 Å². The number of hydrogen-bond donors (Lipinski definition) is 1. The first-order valence-electron chi connectivity index (χ1n) is 8.22. The molecule has 1 heterocycles. The molecule has 4 heteroatoms. The molecule has 2 rings (SSSR count). The second-order valence-electron chi connectivity index (χ2n) is 8.17. The van der Waals surface area contributed by atoms with Gasteiger partial charge >= 0.3 is 7.12 Å². The molecule has 0 saturated carbocycles. The van der Waals surface area contributed by atoms with E-state index in [4.69, 9.17) is 9.31 Å². The van der Waals surface area contributed by atoms with E-state index >= 15 is 0 Å². The van der Waals surface area contributed by atoms with E-state index in [9.17, 15) is 0 Å². The predicted octanol–water partition coefficient (Wildman–Crippen LogP) is 3.72. The summed E-state index contributed by atoms with van der Waals surface area (Å²) in [5.74, 6) is 0. The lowest BCUT2D eigenvalue weighted by Crippen LogP contribution is -2.41. The van der Waals surface area contributed by atoms with Gasteiger partial charge < -0.3 is 14.6 Å². The summed E-state index contributed by atoms with van der Waals surface area (Å²) in [6.07, 6.45) is 0. The van der Waals surface area contributed by atoms with Gasteiger partial charge in [-0.25, -0.2) is 0 Å². The van der Waals surface area contributed by atoms with Crippen molar-refractivity contribution >= 4 is 18.3 Å². The molecule has 0 bridgehead atoms. The minimum atomic E-state index is -0.306. The summed E-state index contributed by atoms with van der Waals surface area (Å²) >= 11 is 0. The SMILES string of the molecule is CCNc1ccc(B2OC(C)(C)C(C)(C)O2)cc1C(C)(C)C. The number of benzene rings is 1. The van der Waals surface area contributed by atoms with Crippen LogP contribution in [0.15, 0.2) is 18.2 Å². The lowest BCUT2D eigenvalue weighted by molar-refractivity contribution is 0.00578. The van der Waals surface area contributed by atoms with E-state index in [-0.39, 0.29) is 23.7 Å². The Balaban J connectivity index is 2.38. The zero-order valence-electron chi connectivity index (χ0n) is 15.3. The standard InChI is InChI=1S/C18H30BNO2/c1-9-20-15-11-10-13(12-14(15)16(2,3)4)19-21-17(5,6)18(7,8)22-19/h10-12,20H,9H2,1-8H3. The van der Waals surface area contributed by atoms with Gasteiger partial charge in [0.15, 0.2) is 0 Å². The van der Waals surface area contributed by atoms with E-state index in [1.807, 2.05) is 0 Å². The molecule has 1 aromatic rings. The first-order valence-corrected chi connectivity index (χ1v) is 8.22. The molecule has 1 N–H and O–H groups in total. The van der Waals surface area contributed by atoms with Gasteiger partial charge in [0.05, 0.1) is 11.2 Å². The Morgan fingerprint density at radius 3 is 2.05 bits per heavy atom. The van der Waals surface area contributed by atoms with Crippen LogP contribution in [-0.2, 0) is 14.7 Å². The lowest BCUT2D eigenvalue weighted by Gasteiger charge is -2.32. The van der Waals surface area contributed by atoms with Crippen LogP contribution in [0.4, 0.5) is 5.69 Å². The molecule has 0 amide bonds. The minimum absolute atomic E-state index is 0.0666. The second-order valence-corrected chi connectivity index (χ2v) is 8.17. The quantitative estimate of drug-likeness (QED) is 0.863. The van der Waals surface area contributed by atoms with Crippen molar-refractivity contribution in [3.8, 4) is 0 Å². The van der Waals surface area contributed by atoms with Gasteiger partial charge in [0.1, 0.15) is 0 Å². The van der Waals surface area contributed by atoms with E-state index in [0.717, 1.165) is 12.0 Å². The third-order valence-corrected chi connectivity index (χ3v) is 4.74. The molecule has 0 aromatic heterocycles. The van der Waals surface area contributed by atoms with Crippen molar-refractivity contribution in [3.63, 3.8) is 0 Å². The second kappa shape index (κ2) is 5.57. The summed E-state index contributed by atoms with van der Waals surface area (Å²) in [6.45, 7) is 18.1. The maximum Gasteiger partial charge on any atom is 0.494 e. The van der Waals surface area contributed by atoms with Crippen molar-refractivity contribution in [2.45, 2.75) is 72.0 Å². The highest BCUT2D eigenvalue weighted by molar-refractivity contribution is 6.62. The van der Waals surface area contributed by atoms with Crippen LogP contribution in [0.2, 0.25) is 0 Å². The van der Waals surface area contributed by atoms with Gasteiger partial charge in [0.25, 0.3) is 0 Å². The lowest BCUT2D eigenvalue weighted by atomic mass is 9.75. The summed E-state index contributed by atoms with van der Waals surface area (Å²) in [4.78, 5) is 0. The molecular formula is C18H30BNO2. The molecule has 1 aliphatic heterocycles. The summed E-state index contributed by atoms with van der Waals surface area (Å²) in [7, 11) is -0.304. The Morgan fingerprint density at radius 1 is 1.05 bits per heavy atom. The number of nitrogens with one attached hydrogen (secondary N) is 1. The molecule has 0 aliphatic carbocycles. The fourth-order valence-electron chi connectivity index (χ4n) is 2.65. The largest absolute Gasteiger partial charge is 0.494 e. The van der Waals surface area contributed by atoms with E-state index in [0.29, 0.717) is 0 Å². The maximum atomic E-state index is 6.17. The molecule has 1 aromatic carbocycles. The zero-order chi connectivity index (χ0) is 16.8. The van der Waals surface area contributed by atoms with Gasteiger partial charge in [-0.1, -0.05) is 32.9 Å². The smallest absolute Gasteiger partial charge is 0.399 e. The van der Waals surface area contributed by atoms with Gasteiger partial charge in [0.2, 0.25) is 0 Å². The fraction of sp³-hybridized carbons (Fsp3) is 0.667. The molecule has 0 unspecified atom stereocenters. The first-order chi connectivity index (χ1) is 9.98. The topological polar surface area (TPSA) is 30.5 Å². The highest BCUT2D eigenvalue weighted by Crippen LogP contribution is 2.37. The molecule has 1 fully saturated rings. The van der Waals surface area contributed by atoms with Crippen molar-refractivity contribution < 1.29 is 9.31 Å². The Kier molecular flexibility index (Phi) is 4.40. The Morgan fingerprint density at radius 2 is 1.59 bits per heavy atom. The Hall–Kier alpha value is -0.995. The highest BCUT2D eigenvalue weighted by Gasteiger charge is 2.51. The molecule has 3 nitrogen and oxygen atoms in total. The van der Waals surface area contributed by atoms with E-state index in [1.165, 1.54) is 11.3 Å². The number of rotatable bonds is 3. The van der Waals surface area contributed by atoms with Gasteiger partial charge in [-0.3, -0.25) is 0 Å². The van der Waals surface area contributed by atoms with Gasteiger partial charge in [-0.15, -0.1) is 0 Å². The van der Waals surface area contributed by atoms with Crippen LogP contribution in [0.1, 0.15) is 61.0 Å². The van der Waals surface area contributed by atoms with Gasteiger partial charge in [-0.2, -0.15) is 0 Å². The van der Waals surface area contributed by atoms with Crippen molar-refractivity contribution in [1.29, 1.82) is 0 Å². The van der Waals surface area contributed by atoms with Crippen molar-refractivity contribution in [1.82, 2.24) is 0 Å². The van der Waals surface area contributed by atoms with E-state index < -0.39 is 0 Å². The van der Waals surface area contributed by atoms with Crippen LogP contribution in [0, 0.1) is 0 Å². The van der Waals surface area contributed by atoms with Crippen molar-refractivity contribution in [2.24, 2.45) is 0 Å². The third-order valence-electron chi connectivity index (χ3n) is 4.74.